The molecule has 0 spiro atoms. The van der Waals surface area contributed by atoms with Gasteiger partial charge in [-0.2, -0.15) is 0 Å². The van der Waals surface area contributed by atoms with Crippen LogP contribution in [0.15, 0.2) is 22.8 Å². The van der Waals surface area contributed by atoms with Crippen molar-refractivity contribution in [1.82, 2.24) is 4.72 Å². The zero-order chi connectivity index (χ0) is 13.4. The number of aliphatic hydroxyl groups excluding tert-OH is 1. The van der Waals surface area contributed by atoms with E-state index in [0.29, 0.717) is 25.7 Å². The third kappa shape index (κ3) is 6.18. The van der Waals surface area contributed by atoms with E-state index in [9.17, 15) is 8.42 Å². The van der Waals surface area contributed by atoms with Crippen molar-refractivity contribution in [1.29, 1.82) is 0 Å². The second-order valence-corrected chi connectivity index (χ2v) is 6.26. The van der Waals surface area contributed by atoms with Crippen LogP contribution in [0.3, 0.4) is 0 Å². The first kappa shape index (κ1) is 15.2. The monoisotopic (exact) mass is 275 g/mol. The summed E-state index contributed by atoms with van der Waals surface area (Å²) in [6.07, 6.45) is 4.03. The standard InChI is InChI=1S/C12H21NO4S/c1-11(6-7-12-5-4-9-17-12)13-18(15,16)10-3-2-8-14/h4-5,9,11,13-14H,2-3,6-8,10H2,1H3. The molecule has 0 saturated carbocycles. The lowest BCUT2D eigenvalue weighted by molar-refractivity contribution is 0.287. The average molecular weight is 275 g/mol. The lowest BCUT2D eigenvalue weighted by Gasteiger charge is -2.13. The van der Waals surface area contributed by atoms with Crippen LogP contribution < -0.4 is 4.72 Å². The van der Waals surface area contributed by atoms with Gasteiger partial charge in [-0.25, -0.2) is 13.1 Å². The molecule has 0 fully saturated rings. The van der Waals surface area contributed by atoms with Gasteiger partial charge >= 0.3 is 0 Å². The fourth-order valence-electron chi connectivity index (χ4n) is 1.64. The summed E-state index contributed by atoms with van der Waals surface area (Å²) in [5.41, 5.74) is 0. The molecule has 0 bridgehead atoms. The Morgan fingerprint density at radius 2 is 2.22 bits per heavy atom. The van der Waals surface area contributed by atoms with Gasteiger partial charge in [0.15, 0.2) is 0 Å². The molecule has 104 valence electrons. The molecule has 1 rings (SSSR count). The lowest BCUT2D eigenvalue weighted by Crippen LogP contribution is -2.34. The van der Waals surface area contributed by atoms with Crippen molar-refractivity contribution in [2.75, 3.05) is 12.4 Å². The van der Waals surface area contributed by atoms with Gasteiger partial charge in [-0.15, -0.1) is 0 Å². The SMILES string of the molecule is CC(CCc1ccco1)NS(=O)(=O)CCCCO. The van der Waals surface area contributed by atoms with Crippen LogP contribution in [0.5, 0.6) is 0 Å². The van der Waals surface area contributed by atoms with Gasteiger partial charge in [-0.3, -0.25) is 0 Å². The van der Waals surface area contributed by atoms with E-state index in [1.807, 2.05) is 19.1 Å². The average Bonchev–Trinajstić information content (AvgIpc) is 2.78. The number of rotatable bonds is 9. The minimum Gasteiger partial charge on any atom is -0.469 e. The molecule has 0 saturated heterocycles. The molecule has 1 aromatic rings. The molecule has 18 heavy (non-hydrogen) atoms. The van der Waals surface area contributed by atoms with Gasteiger partial charge in [0.2, 0.25) is 10.0 Å². The van der Waals surface area contributed by atoms with E-state index in [-0.39, 0.29) is 18.4 Å². The van der Waals surface area contributed by atoms with E-state index < -0.39 is 10.0 Å². The summed E-state index contributed by atoms with van der Waals surface area (Å²) >= 11 is 0. The van der Waals surface area contributed by atoms with E-state index in [4.69, 9.17) is 9.52 Å². The number of sulfonamides is 1. The molecule has 1 heterocycles. The van der Waals surface area contributed by atoms with Gasteiger partial charge in [0, 0.05) is 19.1 Å². The number of nitrogens with one attached hydrogen (secondary N) is 1. The lowest BCUT2D eigenvalue weighted by atomic mass is 10.2. The summed E-state index contributed by atoms with van der Waals surface area (Å²) in [6.45, 7) is 1.87. The maximum atomic E-state index is 11.7. The number of hydrogen-bond donors (Lipinski definition) is 2. The van der Waals surface area contributed by atoms with Crippen LogP contribution >= 0.6 is 0 Å². The second-order valence-electron chi connectivity index (χ2n) is 4.39. The van der Waals surface area contributed by atoms with E-state index in [1.54, 1.807) is 6.26 Å². The van der Waals surface area contributed by atoms with Crippen LogP contribution in [0, 0.1) is 0 Å². The molecular weight excluding hydrogens is 254 g/mol. The zero-order valence-corrected chi connectivity index (χ0v) is 11.4. The molecule has 1 unspecified atom stereocenters. The van der Waals surface area contributed by atoms with Crippen LogP contribution in [0.4, 0.5) is 0 Å². The van der Waals surface area contributed by atoms with Crippen molar-refractivity contribution < 1.29 is 17.9 Å². The van der Waals surface area contributed by atoms with Gasteiger partial charge in [0.1, 0.15) is 5.76 Å². The Bertz CT molecular complexity index is 413. The first-order chi connectivity index (χ1) is 8.53. The number of furan rings is 1. The normalized spacial score (nSPS) is 13.7. The van der Waals surface area contributed by atoms with Crippen molar-refractivity contribution in [3.8, 4) is 0 Å². The molecule has 1 aromatic heterocycles. The van der Waals surface area contributed by atoms with Crippen molar-refractivity contribution in [3.63, 3.8) is 0 Å². The fourth-order valence-corrected chi connectivity index (χ4v) is 3.07. The summed E-state index contributed by atoms with van der Waals surface area (Å²) in [5, 5.41) is 8.61. The van der Waals surface area contributed by atoms with Crippen molar-refractivity contribution in [3.05, 3.63) is 24.2 Å². The van der Waals surface area contributed by atoms with E-state index in [1.165, 1.54) is 0 Å². The maximum Gasteiger partial charge on any atom is 0.211 e. The molecule has 0 aliphatic rings. The molecule has 1 atom stereocenters. The Labute approximate surface area is 108 Å². The van der Waals surface area contributed by atoms with Crippen LogP contribution in [0.2, 0.25) is 0 Å². The van der Waals surface area contributed by atoms with E-state index >= 15 is 0 Å². The van der Waals surface area contributed by atoms with E-state index in [0.717, 1.165) is 5.76 Å². The summed E-state index contributed by atoms with van der Waals surface area (Å²) in [7, 11) is -3.24. The molecule has 6 heteroatoms. The van der Waals surface area contributed by atoms with Gasteiger partial charge in [0.25, 0.3) is 0 Å². The molecule has 5 nitrogen and oxygen atoms in total. The Morgan fingerprint density at radius 3 is 2.83 bits per heavy atom. The predicted molar refractivity (Wildman–Crippen MR) is 69.7 cm³/mol. The largest absolute Gasteiger partial charge is 0.469 e. The highest BCUT2D eigenvalue weighted by molar-refractivity contribution is 7.89. The molecule has 0 aliphatic carbocycles. The van der Waals surface area contributed by atoms with Crippen LogP contribution in [-0.4, -0.2) is 31.9 Å². The minimum atomic E-state index is -3.24. The molecule has 0 amide bonds. The number of aliphatic hydroxyl groups is 1. The van der Waals surface area contributed by atoms with Crippen molar-refractivity contribution >= 4 is 10.0 Å². The molecule has 2 N–H and O–H groups in total. The Morgan fingerprint density at radius 1 is 1.44 bits per heavy atom. The van der Waals surface area contributed by atoms with Crippen LogP contribution in [0.1, 0.15) is 31.9 Å². The quantitative estimate of drug-likeness (QED) is 0.666. The highest BCUT2D eigenvalue weighted by Crippen LogP contribution is 2.06. The van der Waals surface area contributed by atoms with Gasteiger partial charge in [-0.1, -0.05) is 0 Å². The number of aryl methyl sites for hydroxylation is 1. The van der Waals surface area contributed by atoms with Crippen molar-refractivity contribution in [2.45, 2.75) is 38.6 Å². The third-order valence-electron chi connectivity index (χ3n) is 2.61. The second kappa shape index (κ2) is 7.56. The molecule has 0 radical (unpaired) electrons. The topological polar surface area (TPSA) is 79.5 Å². The zero-order valence-electron chi connectivity index (χ0n) is 10.6. The molecule has 0 aromatic carbocycles. The Kier molecular flexibility index (Phi) is 6.38. The van der Waals surface area contributed by atoms with Gasteiger partial charge < -0.3 is 9.52 Å². The summed E-state index contributed by atoms with van der Waals surface area (Å²) < 4.78 is 31.1. The first-order valence-corrected chi connectivity index (χ1v) is 7.82. The van der Waals surface area contributed by atoms with E-state index in [2.05, 4.69) is 4.72 Å². The molecular formula is C12H21NO4S. The maximum absolute atomic E-state index is 11.7. The number of unbranched alkanes of at least 4 members (excludes halogenated alkanes) is 1. The summed E-state index contributed by atoms with van der Waals surface area (Å²) in [4.78, 5) is 0. The first-order valence-electron chi connectivity index (χ1n) is 6.17. The Hall–Kier alpha value is -0.850. The van der Waals surface area contributed by atoms with Crippen LogP contribution in [-0.2, 0) is 16.4 Å². The predicted octanol–water partition coefficient (Wildman–Crippen LogP) is 1.29. The highest BCUT2D eigenvalue weighted by Gasteiger charge is 2.14. The minimum absolute atomic E-state index is 0.0313. The van der Waals surface area contributed by atoms with Gasteiger partial charge in [0.05, 0.1) is 12.0 Å². The third-order valence-corrected chi connectivity index (χ3v) is 4.19. The Balaban J connectivity index is 2.27. The molecule has 0 aliphatic heterocycles. The summed E-state index contributed by atoms with van der Waals surface area (Å²) in [6, 6.07) is 3.58. The summed E-state index contributed by atoms with van der Waals surface area (Å²) in [5.74, 6) is 0.930. The highest BCUT2D eigenvalue weighted by atomic mass is 32.2. The smallest absolute Gasteiger partial charge is 0.211 e. The van der Waals surface area contributed by atoms with Gasteiger partial charge in [-0.05, 0) is 38.3 Å². The fraction of sp³-hybridized carbons (Fsp3) is 0.667. The van der Waals surface area contributed by atoms with Crippen molar-refractivity contribution in [2.24, 2.45) is 0 Å². The number of hydrogen-bond acceptors (Lipinski definition) is 4. The van der Waals surface area contributed by atoms with Crippen LogP contribution in [0.25, 0.3) is 0 Å².